The second-order valence-electron chi connectivity index (χ2n) is 2.83. The SMILES string of the molecule is Cl.Cl.NCc1ccc(-c2cnccc2Cl)s1. The van der Waals surface area contributed by atoms with Crippen LogP contribution in [0.5, 0.6) is 0 Å². The van der Waals surface area contributed by atoms with Crippen LogP contribution in [0.2, 0.25) is 5.02 Å². The molecule has 16 heavy (non-hydrogen) atoms. The van der Waals surface area contributed by atoms with E-state index in [4.69, 9.17) is 17.3 Å². The smallest absolute Gasteiger partial charge is 0.0523 e. The molecule has 0 aliphatic heterocycles. The summed E-state index contributed by atoms with van der Waals surface area (Å²) in [6.07, 6.45) is 3.46. The highest BCUT2D eigenvalue weighted by atomic mass is 35.5. The fourth-order valence-electron chi connectivity index (χ4n) is 1.19. The van der Waals surface area contributed by atoms with Crippen molar-refractivity contribution in [3.63, 3.8) is 0 Å². The molecule has 2 rings (SSSR count). The van der Waals surface area contributed by atoms with Crippen molar-refractivity contribution in [2.45, 2.75) is 6.54 Å². The Morgan fingerprint density at radius 1 is 1.25 bits per heavy atom. The quantitative estimate of drug-likeness (QED) is 0.916. The van der Waals surface area contributed by atoms with Gasteiger partial charge in [0.05, 0.1) is 5.02 Å². The summed E-state index contributed by atoms with van der Waals surface area (Å²) in [5.74, 6) is 0. The number of nitrogens with two attached hydrogens (primary N) is 1. The molecule has 2 aromatic rings. The summed E-state index contributed by atoms with van der Waals surface area (Å²) in [6.45, 7) is 0.572. The molecule has 0 spiro atoms. The number of rotatable bonds is 2. The van der Waals surface area contributed by atoms with Gasteiger partial charge in [-0.3, -0.25) is 4.98 Å². The molecular weight excluding hydrogens is 287 g/mol. The molecule has 2 aromatic heterocycles. The van der Waals surface area contributed by atoms with E-state index in [1.54, 1.807) is 29.8 Å². The molecule has 0 radical (unpaired) electrons. The van der Waals surface area contributed by atoms with E-state index in [9.17, 15) is 0 Å². The van der Waals surface area contributed by atoms with Gasteiger partial charge in [0.1, 0.15) is 0 Å². The Morgan fingerprint density at radius 2 is 2.00 bits per heavy atom. The molecular formula is C10H11Cl3N2S. The van der Waals surface area contributed by atoms with Gasteiger partial charge in [-0.2, -0.15) is 0 Å². The van der Waals surface area contributed by atoms with Crippen LogP contribution in [0.1, 0.15) is 4.88 Å². The van der Waals surface area contributed by atoms with Crippen LogP contribution in [0.3, 0.4) is 0 Å². The molecule has 0 fully saturated rings. The molecule has 0 aliphatic carbocycles. The number of pyridine rings is 1. The molecule has 0 aliphatic rings. The van der Waals surface area contributed by atoms with Crippen molar-refractivity contribution in [2.75, 3.05) is 0 Å². The predicted molar refractivity (Wildman–Crippen MR) is 74.9 cm³/mol. The third kappa shape index (κ3) is 3.34. The van der Waals surface area contributed by atoms with Gasteiger partial charge in [0, 0.05) is 34.3 Å². The fourth-order valence-corrected chi connectivity index (χ4v) is 2.36. The standard InChI is InChI=1S/C10H9ClN2S.2ClH/c11-9-3-4-13-6-8(9)10-2-1-7(5-12)14-10;;/h1-4,6H,5,12H2;2*1H. The van der Waals surface area contributed by atoms with Gasteiger partial charge in [-0.15, -0.1) is 36.2 Å². The molecule has 0 bridgehead atoms. The lowest BCUT2D eigenvalue weighted by molar-refractivity contribution is 1.11. The summed E-state index contributed by atoms with van der Waals surface area (Å²) in [4.78, 5) is 6.32. The third-order valence-corrected chi connectivity index (χ3v) is 3.37. The number of nitrogens with zero attached hydrogens (tertiary/aromatic N) is 1. The van der Waals surface area contributed by atoms with Crippen LogP contribution in [0.4, 0.5) is 0 Å². The van der Waals surface area contributed by atoms with E-state index in [-0.39, 0.29) is 24.8 Å². The van der Waals surface area contributed by atoms with E-state index in [0.717, 1.165) is 20.3 Å². The predicted octanol–water partition coefficient (Wildman–Crippen LogP) is 3.77. The van der Waals surface area contributed by atoms with Crippen molar-refractivity contribution in [3.05, 3.63) is 40.5 Å². The normalized spacial score (nSPS) is 9.12. The lowest BCUT2D eigenvalue weighted by Crippen LogP contribution is -1.91. The van der Waals surface area contributed by atoms with Gasteiger partial charge in [0.25, 0.3) is 0 Å². The number of hydrogen-bond acceptors (Lipinski definition) is 3. The molecule has 0 aromatic carbocycles. The van der Waals surface area contributed by atoms with Gasteiger partial charge in [-0.05, 0) is 18.2 Å². The maximum Gasteiger partial charge on any atom is 0.0523 e. The Labute approximate surface area is 116 Å². The van der Waals surface area contributed by atoms with Crippen molar-refractivity contribution in [1.82, 2.24) is 4.98 Å². The largest absolute Gasteiger partial charge is 0.326 e. The molecule has 88 valence electrons. The van der Waals surface area contributed by atoms with E-state index in [1.807, 2.05) is 12.1 Å². The van der Waals surface area contributed by atoms with Crippen LogP contribution in [0.25, 0.3) is 10.4 Å². The van der Waals surface area contributed by atoms with Crippen molar-refractivity contribution in [1.29, 1.82) is 0 Å². The first-order valence-corrected chi connectivity index (χ1v) is 5.39. The van der Waals surface area contributed by atoms with Crippen LogP contribution >= 0.6 is 47.8 Å². The Morgan fingerprint density at radius 3 is 2.56 bits per heavy atom. The number of thiophene rings is 1. The first-order chi connectivity index (χ1) is 6.81. The molecule has 2 nitrogen and oxygen atoms in total. The molecule has 0 amide bonds. The average molecular weight is 298 g/mol. The lowest BCUT2D eigenvalue weighted by Gasteiger charge is -1.98. The topological polar surface area (TPSA) is 38.9 Å². The Kier molecular flexibility index (Phi) is 6.95. The van der Waals surface area contributed by atoms with E-state index >= 15 is 0 Å². The maximum atomic E-state index is 6.05. The van der Waals surface area contributed by atoms with Gasteiger partial charge in [0.2, 0.25) is 0 Å². The van der Waals surface area contributed by atoms with Gasteiger partial charge in [-0.1, -0.05) is 11.6 Å². The Bertz CT molecular complexity index is 445. The minimum atomic E-state index is 0. The highest BCUT2D eigenvalue weighted by Crippen LogP contribution is 2.32. The average Bonchev–Trinajstić information content (AvgIpc) is 2.67. The summed E-state index contributed by atoms with van der Waals surface area (Å²) >= 11 is 7.70. The Balaban J connectivity index is 0.00000112. The van der Waals surface area contributed by atoms with Crippen molar-refractivity contribution >= 4 is 47.8 Å². The molecule has 0 atom stereocenters. The van der Waals surface area contributed by atoms with Crippen molar-refractivity contribution in [2.24, 2.45) is 5.73 Å². The highest BCUT2D eigenvalue weighted by Gasteiger charge is 2.05. The number of hydrogen-bond donors (Lipinski definition) is 1. The first-order valence-electron chi connectivity index (χ1n) is 4.20. The minimum Gasteiger partial charge on any atom is -0.326 e. The van der Waals surface area contributed by atoms with Gasteiger partial charge < -0.3 is 5.73 Å². The van der Waals surface area contributed by atoms with E-state index in [0.29, 0.717) is 6.54 Å². The number of aromatic nitrogens is 1. The zero-order valence-electron chi connectivity index (χ0n) is 8.22. The fraction of sp³-hybridized carbons (Fsp3) is 0.100. The molecule has 0 saturated heterocycles. The van der Waals surface area contributed by atoms with Crippen molar-refractivity contribution < 1.29 is 0 Å². The summed E-state index contributed by atoms with van der Waals surface area (Å²) in [5.41, 5.74) is 6.51. The monoisotopic (exact) mass is 296 g/mol. The summed E-state index contributed by atoms with van der Waals surface area (Å²) in [5, 5.41) is 0.727. The van der Waals surface area contributed by atoms with Gasteiger partial charge in [0.15, 0.2) is 0 Å². The summed E-state index contributed by atoms with van der Waals surface area (Å²) in [6, 6.07) is 5.83. The van der Waals surface area contributed by atoms with Crippen LogP contribution < -0.4 is 5.73 Å². The maximum absolute atomic E-state index is 6.05. The minimum absolute atomic E-state index is 0. The second-order valence-corrected chi connectivity index (χ2v) is 4.40. The molecule has 0 saturated carbocycles. The van der Waals surface area contributed by atoms with Crippen LogP contribution in [-0.2, 0) is 6.54 Å². The third-order valence-electron chi connectivity index (χ3n) is 1.90. The molecule has 6 heteroatoms. The van der Waals surface area contributed by atoms with Crippen LogP contribution in [0.15, 0.2) is 30.6 Å². The van der Waals surface area contributed by atoms with Crippen LogP contribution in [-0.4, -0.2) is 4.98 Å². The zero-order valence-corrected chi connectivity index (χ0v) is 11.4. The van der Waals surface area contributed by atoms with Gasteiger partial charge >= 0.3 is 0 Å². The van der Waals surface area contributed by atoms with E-state index in [1.165, 1.54) is 0 Å². The van der Waals surface area contributed by atoms with Gasteiger partial charge in [-0.25, -0.2) is 0 Å². The lowest BCUT2D eigenvalue weighted by atomic mass is 10.2. The zero-order chi connectivity index (χ0) is 9.97. The first kappa shape index (κ1) is 15.7. The Hall–Kier alpha value is -0.320. The molecule has 2 heterocycles. The summed E-state index contributed by atoms with van der Waals surface area (Å²) in [7, 11) is 0. The molecule has 0 unspecified atom stereocenters. The van der Waals surface area contributed by atoms with Crippen molar-refractivity contribution in [3.8, 4) is 10.4 Å². The highest BCUT2D eigenvalue weighted by molar-refractivity contribution is 7.15. The molecule has 2 N–H and O–H groups in total. The van der Waals surface area contributed by atoms with Crippen LogP contribution in [0, 0.1) is 0 Å². The second kappa shape index (κ2) is 7.09. The van der Waals surface area contributed by atoms with E-state index < -0.39 is 0 Å². The number of halogens is 3. The summed E-state index contributed by atoms with van der Waals surface area (Å²) < 4.78 is 0. The van der Waals surface area contributed by atoms with E-state index in [2.05, 4.69) is 4.98 Å².